The van der Waals surface area contributed by atoms with Crippen LogP contribution in [0.3, 0.4) is 0 Å². The monoisotopic (exact) mass is 168 g/mol. The molecule has 0 spiro atoms. The van der Waals surface area contributed by atoms with Gasteiger partial charge in [0.1, 0.15) is 0 Å². The largest absolute Gasteiger partial charge is 0.452 e. The van der Waals surface area contributed by atoms with Crippen molar-refractivity contribution in [1.82, 2.24) is 0 Å². The molecule has 0 aromatic heterocycles. The van der Waals surface area contributed by atoms with E-state index in [9.17, 15) is 4.79 Å². The fraction of sp³-hybridized carbons (Fsp3) is 0.700. The summed E-state index contributed by atoms with van der Waals surface area (Å²) in [6.45, 7) is 6.01. The third-order valence-electron chi connectivity index (χ3n) is 1.60. The molecule has 0 N–H and O–H groups in total. The molecule has 0 fully saturated rings. The van der Waals surface area contributed by atoms with E-state index in [1.165, 1.54) is 0 Å². The van der Waals surface area contributed by atoms with Crippen LogP contribution in [0, 0.1) is 17.8 Å². The topological polar surface area (TPSA) is 26.3 Å². The molecule has 0 saturated carbocycles. The van der Waals surface area contributed by atoms with Gasteiger partial charge >= 0.3 is 5.97 Å². The Labute approximate surface area is 74.3 Å². The fourth-order valence-corrected chi connectivity index (χ4v) is 0.592. The summed E-state index contributed by atoms with van der Waals surface area (Å²) in [4.78, 5) is 11.0. The highest BCUT2D eigenvalue weighted by Gasteiger charge is 2.10. The summed E-state index contributed by atoms with van der Waals surface area (Å²) in [5.74, 6) is 5.43. The van der Waals surface area contributed by atoms with Crippen LogP contribution >= 0.6 is 0 Å². The second-order valence-corrected chi connectivity index (χ2v) is 2.62. The molecule has 0 aliphatic heterocycles. The van der Waals surface area contributed by atoms with Crippen molar-refractivity contribution in [1.29, 1.82) is 0 Å². The lowest BCUT2D eigenvalue weighted by Gasteiger charge is -2.05. The second kappa shape index (κ2) is 6.72. The van der Waals surface area contributed by atoms with Gasteiger partial charge in [0.15, 0.2) is 6.61 Å². The molecule has 0 radical (unpaired) electrons. The van der Waals surface area contributed by atoms with Gasteiger partial charge in [-0.25, -0.2) is 0 Å². The van der Waals surface area contributed by atoms with E-state index < -0.39 is 0 Å². The average Bonchev–Trinajstić information content (AvgIpc) is 2.10. The maximum atomic E-state index is 11.0. The third kappa shape index (κ3) is 4.79. The zero-order valence-electron chi connectivity index (χ0n) is 8.02. The number of ether oxygens (including phenoxy) is 1. The summed E-state index contributed by atoms with van der Waals surface area (Å²) in [5.41, 5.74) is 0. The number of hydrogen-bond donors (Lipinski definition) is 0. The fourth-order valence-electron chi connectivity index (χ4n) is 0.592. The van der Waals surface area contributed by atoms with E-state index in [0.29, 0.717) is 0 Å². The average molecular weight is 168 g/mol. The van der Waals surface area contributed by atoms with E-state index in [1.807, 2.05) is 20.8 Å². The SMILES string of the molecule is CCC#CCOC(=O)[C@@H](C)CC. The van der Waals surface area contributed by atoms with Crippen molar-refractivity contribution >= 4 is 5.97 Å². The molecule has 0 saturated heterocycles. The van der Waals surface area contributed by atoms with E-state index in [2.05, 4.69) is 11.8 Å². The van der Waals surface area contributed by atoms with Gasteiger partial charge in [-0.1, -0.05) is 26.7 Å². The first-order valence-electron chi connectivity index (χ1n) is 4.34. The van der Waals surface area contributed by atoms with Gasteiger partial charge in [0.2, 0.25) is 0 Å². The van der Waals surface area contributed by atoms with Crippen LogP contribution in [-0.4, -0.2) is 12.6 Å². The molecule has 0 heterocycles. The standard InChI is InChI=1S/C10H16O2/c1-4-6-7-8-12-10(11)9(3)5-2/h9H,4-5,8H2,1-3H3/t9-/m0/s1. The van der Waals surface area contributed by atoms with Crippen LogP contribution in [0.1, 0.15) is 33.6 Å². The van der Waals surface area contributed by atoms with Crippen molar-refractivity contribution in [3.05, 3.63) is 0 Å². The van der Waals surface area contributed by atoms with Crippen LogP contribution < -0.4 is 0 Å². The van der Waals surface area contributed by atoms with Crippen molar-refractivity contribution in [2.75, 3.05) is 6.61 Å². The summed E-state index contributed by atoms with van der Waals surface area (Å²) in [6.07, 6.45) is 1.63. The molecule has 0 rings (SSSR count). The lowest BCUT2D eigenvalue weighted by molar-refractivity contribution is -0.146. The number of rotatable bonds is 3. The van der Waals surface area contributed by atoms with Gasteiger partial charge in [-0.05, 0) is 6.42 Å². The minimum Gasteiger partial charge on any atom is -0.452 e. The summed E-state index contributed by atoms with van der Waals surface area (Å²) in [5, 5.41) is 0. The van der Waals surface area contributed by atoms with Crippen molar-refractivity contribution in [3.8, 4) is 11.8 Å². The molecule has 68 valence electrons. The highest BCUT2D eigenvalue weighted by molar-refractivity contribution is 5.72. The van der Waals surface area contributed by atoms with Gasteiger partial charge in [0.25, 0.3) is 0 Å². The maximum Gasteiger partial charge on any atom is 0.309 e. The van der Waals surface area contributed by atoms with Gasteiger partial charge in [-0.3, -0.25) is 4.79 Å². The molecule has 2 nitrogen and oxygen atoms in total. The Morgan fingerprint density at radius 1 is 1.42 bits per heavy atom. The molecular weight excluding hydrogens is 152 g/mol. The molecule has 0 aliphatic carbocycles. The van der Waals surface area contributed by atoms with Crippen LogP contribution in [0.25, 0.3) is 0 Å². The first-order valence-corrected chi connectivity index (χ1v) is 4.34. The summed E-state index contributed by atoms with van der Waals surface area (Å²) < 4.78 is 4.88. The molecule has 0 bridgehead atoms. The van der Waals surface area contributed by atoms with Crippen LogP contribution in [0.5, 0.6) is 0 Å². The van der Waals surface area contributed by atoms with E-state index in [-0.39, 0.29) is 18.5 Å². The Kier molecular flexibility index (Phi) is 6.18. The second-order valence-electron chi connectivity index (χ2n) is 2.62. The summed E-state index contributed by atoms with van der Waals surface area (Å²) in [7, 11) is 0. The normalized spacial score (nSPS) is 11.2. The zero-order chi connectivity index (χ0) is 9.40. The minimum absolute atomic E-state index is 0.00609. The molecular formula is C10H16O2. The van der Waals surface area contributed by atoms with Crippen LogP contribution in [0.15, 0.2) is 0 Å². The van der Waals surface area contributed by atoms with E-state index >= 15 is 0 Å². The predicted molar refractivity (Wildman–Crippen MR) is 48.5 cm³/mol. The maximum absolute atomic E-state index is 11.0. The minimum atomic E-state index is -0.150. The number of hydrogen-bond acceptors (Lipinski definition) is 2. The molecule has 0 aromatic rings. The van der Waals surface area contributed by atoms with Crippen LogP contribution in [0.2, 0.25) is 0 Å². The quantitative estimate of drug-likeness (QED) is 0.476. The Morgan fingerprint density at radius 2 is 2.08 bits per heavy atom. The number of carbonyl (C=O) groups is 1. The molecule has 12 heavy (non-hydrogen) atoms. The summed E-state index contributed by atoms with van der Waals surface area (Å²) >= 11 is 0. The molecule has 0 aliphatic rings. The smallest absolute Gasteiger partial charge is 0.309 e. The van der Waals surface area contributed by atoms with E-state index in [4.69, 9.17) is 4.74 Å². The van der Waals surface area contributed by atoms with Crippen LogP contribution in [0.4, 0.5) is 0 Å². The Morgan fingerprint density at radius 3 is 2.58 bits per heavy atom. The highest BCUT2D eigenvalue weighted by Crippen LogP contribution is 2.02. The first-order chi connectivity index (χ1) is 5.72. The molecule has 1 atom stereocenters. The highest BCUT2D eigenvalue weighted by atomic mass is 16.5. The van der Waals surface area contributed by atoms with Crippen molar-refractivity contribution < 1.29 is 9.53 Å². The number of carbonyl (C=O) groups excluding carboxylic acids is 1. The Hall–Kier alpha value is -0.970. The molecule has 0 unspecified atom stereocenters. The van der Waals surface area contributed by atoms with Crippen molar-refractivity contribution in [2.24, 2.45) is 5.92 Å². The Balaban J connectivity index is 3.57. The lowest BCUT2D eigenvalue weighted by atomic mass is 10.1. The first kappa shape index (κ1) is 11.0. The Bertz CT molecular complexity index is 186. The summed E-state index contributed by atoms with van der Waals surface area (Å²) in [6, 6.07) is 0. The molecule has 2 heteroatoms. The molecule has 0 aromatic carbocycles. The van der Waals surface area contributed by atoms with Gasteiger partial charge < -0.3 is 4.74 Å². The van der Waals surface area contributed by atoms with Gasteiger partial charge in [0, 0.05) is 6.42 Å². The van der Waals surface area contributed by atoms with Crippen molar-refractivity contribution in [2.45, 2.75) is 33.6 Å². The van der Waals surface area contributed by atoms with E-state index in [1.54, 1.807) is 0 Å². The van der Waals surface area contributed by atoms with E-state index in [0.717, 1.165) is 12.8 Å². The predicted octanol–water partition coefficient (Wildman–Crippen LogP) is 1.99. The number of esters is 1. The lowest BCUT2D eigenvalue weighted by Crippen LogP contribution is -2.13. The molecule has 0 amide bonds. The van der Waals surface area contributed by atoms with Gasteiger partial charge in [-0.2, -0.15) is 0 Å². The van der Waals surface area contributed by atoms with Crippen LogP contribution in [-0.2, 0) is 9.53 Å². The van der Waals surface area contributed by atoms with Crippen molar-refractivity contribution in [3.63, 3.8) is 0 Å². The van der Waals surface area contributed by atoms with Gasteiger partial charge in [0.05, 0.1) is 5.92 Å². The van der Waals surface area contributed by atoms with Gasteiger partial charge in [-0.15, -0.1) is 5.92 Å². The third-order valence-corrected chi connectivity index (χ3v) is 1.60. The zero-order valence-corrected chi connectivity index (χ0v) is 8.02.